The molecule has 2 aromatic heterocycles. The molecule has 0 saturated carbocycles. The zero-order valence-electron chi connectivity index (χ0n) is 26.2. The molecule has 2 fully saturated rings. The van der Waals surface area contributed by atoms with Gasteiger partial charge in [0.2, 0.25) is 0 Å². The van der Waals surface area contributed by atoms with E-state index in [0.29, 0.717) is 0 Å². The minimum Gasteiger partial charge on any atom is -0.505 e. The minimum atomic E-state index is -5.62. The number of hydrogen-bond donors (Lipinski definition) is 9. The van der Waals surface area contributed by atoms with Gasteiger partial charge in [-0.15, -0.1) is 0 Å². The molecule has 2 aliphatic heterocycles. The Morgan fingerprint density at radius 2 is 1.74 bits per heavy atom. The van der Waals surface area contributed by atoms with Crippen LogP contribution < -0.4 is 11.2 Å². The van der Waals surface area contributed by atoms with E-state index >= 15 is 0 Å². The van der Waals surface area contributed by atoms with Crippen molar-refractivity contribution < 1.29 is 81.1 Å². The fourth-order valence-corrected chi connectivity index (χ4v) is 7.31. The molecule has 0 aliphatic carbocycles. The van der Waals surface area contributed by atoms with Crippen LogP contribution >= 0.6 is 23.5 Å². The van der Waals surface area contributed by atoms with Gasteiger partial charge >= 0.3 is 29.2 Å². The molecule has 2 aromatic rings. The monoisotopic (exact) mass is 776 g/mol. The molecule has 2 aliphatic rings. The zero-order valence-corrected chi connectivity index (χ0v) is 28.9. The number of aliphatic hydroxyl groups excluding tert-OH is 3. The topological polar surface area (TPSA) is 349 Å². The lowest BCUT2D eigenvalue weighted by Gasteiger charge is -2.39. The molecule has 2 saturated heterocycles. The van der Waals surface area contributed by atoms with Gasteiger partial charge in [-0.1, -0.05) is 0 Å². The summed E-state index contributed by atoms with van der Waals surface area (Å²) in [7, 11) is -16.0. The second-order valence-corrected chi connectivity index (χ2v) is 15.4. The number of aromatic nitrogens is 3. The number of nitrogens with zero attached hydrogens (tertiary/aromatic N) is 3. The van der Waals surface area contributed by atoms with Gasteiger partial charge in [0.25, 0.3) is 5.56 Å². The van der Waals surface area contributed by atoms with Crippen molar-refractivity contribution in [2.24, 2.45) is 4.99 Å². The molecule has 0 amide bonds. The first-order valence-electron chi connectivity index (χ1n) is 14.3. The van der Waals surface area contributed by atoms with Crippen LogP contribution in [0.15, 0.2) is 27.0 Å². The number of nitrogens with one attached hydrogen (secondary N) is 1. The number of aryl methyl sites for hydroxylation is 2. The molecule has 2 unspecified atom stereocenters. The molecule has 4 heterocycles. The van der Waals surface area contributed by atoms with Crippen LogP contribution in [-0.4, -0.2) is 110 Å². The molecular weight excluding hydrogens is 741 g/mol. The van der Waals surface area contributed by atoms with Gasteiger partial charge in [-0.3, -0.25) is 37.9 Å². The zero-order chi connectivity index (χ0) is 37.3. The lowest BCUT2D eigenvalue weighted by Crippen LogP contribution is -2.56. The van der Waals surface area contributed by atoms with Gasteiger partial charge in [0, 0.05) is 41.7 Å². The second-order valence-electron chi connectivity index (χ2n) is 11.2. The number of phosphoric ester groups is 3. The standard InChI is InChI=1S/C24H35N4O19P3/c1-10-7-28(24(34)27-22(10)33)17-4-15(29)16(45-17)9-43-49(38,39)47-50(40,41)46-23-21(32)20(31)18(12(3)44-23)26-6-14-13(8-42-48(35,36)37)5-25-11(2)19(14)30/h5-7,12,15-18,20-21,23,29-32H,4,8-9H2,1-3H3,(H,38,39)(H,40,41)(H,27,33,34)(H2,35,36,37)/t12-,15+,16-,17-,18+,20+,21-,23-/m1/s1. The van der Waals surface area contributed by atoms with Crippen LogP contribution in [0.2, 0.25) is 0 Å². The van der Waals surface area contributed by atoms with E-state index in [9.17, 15) is 53.5 Å². The summed E-state index contributed by atoms with van der Waals surface area (Å²) in [6.45, 7) is 2.56. The maximum atomic E-state index is 12.6. The fraction of sp³-hybridized carbons (Fsp3) is 0.583. The average Bonchev–Trinajstić information content (AvgIpc) is 3.36. The third-order valence-electron chi connectivity index (χ3n) is 7.44. The molecule has 0 radical (unpaired) electrons. The number of hydrogen-bond acceptors (Lipinski definition) is 17. The number of aromatic amines is 1. The van der Waals surface area contributed by atoms with Crippen LogP contribution in [0.1, 0.15) is 42.0 Å². The second kappa shape index (κ2) is 15.6. The van der Waals surface area contributed by atoms with E-state index in [4.69, 9.17) is 23.8 Å². The first-order valence-corrected chi connectivity index (χ1v) is 18.9. The van der Waals surface area contributed by atoms with Crippen molar-refractivity contribution in [1.29, 1.82) is 0 Å². The third-order valence-corrected chi connectivity index (χ3v) is 10.5. The Kier molecular flexibility index (Phi) is 12.6. The number of phosphoric acid groups is 3. The average molecular weight is 776 g/mol. The summed E-state index contributed by atoms with van der Waals surface area (Å²) in [4.78, 5) is 72.0. The maximum Gasteiger partial charge on any atom is 0.483 e. The predicted molar refractivity (Wildman–Crippen MR) is 164 cm³/mol. The maximum absolute atomic E-state index is 12.6. The van der Waals surface area contributed by atoms with Crippen LogP contribution in [0, 0.1) is 13.8 Å². The van der Waals surface area contributed by atoms with Crippen LogP contribution in [0.25, 0.3) is 0 Å². The molecule has 50 heavy (non-hydrogen) atoms. The Morgan fingerprint density at radius 1 is 1.06 bits per heavy atom. The van der Waals surface area contributed by atoms with Crippen molar-refractivity contribution in [2.75, 3.05) is 6.61 Å². The number of aromatic hydroxyl groups is 1. The van der Waals surface area contributed by atoms with Crippen LogP contribution in [0.4, 0.5) is 0 Å². The van der Waals surface area contributed by atoms with E-state index in [0.717, 1.165) is 17.0 Å². The number of rotatable bonds is 13. The Labute approximate surface area is 281 Å². The molecular formula is C24H35N4O19P3. The van der Waals surface area contributed by atoms with E-state index in [-0.39, 0.29) is 28.8 Å². The normalized spacial score (nSPS) is 30.0. The number of pyridine rings is 1. The van der Waals surface area contributed by atoms with Crippen LogP contribution in [0.3, 0.4) is 0 Å². The number of ether oxygens (including phenoxy) is 2. The van der Waals surface area contributed by atoms with Crippen LogP contribution in [-0.2, 0) is 47.7 Å². The summed E-state index contributed by atoms with van der Waals surface area (Å²) in [6, 6.07) is -1.34. The summed E-state index contributed by atoms with van der Waals surface area (Å²) < 4.78 is 66.2. The number of aliphatic imine (C=N–C) groups is 1. The van der Waals surface area contributed by atoms with Crippen molar-refractivity contribution in [3.05, 3.63) is 55.6 Å². The van der Waals surface area contributed by atoms with E-state index in [1.54, 1.807) is 0 Å². The molecule has 26 heteroatoms. The molecule has 0 aromatic carbocycles. The summed E-state index contributed by atoms with van der Waals surface area (Å²) in [5.41, 5.74) is -1.33. The Balaban J connectivity index is 1.37. The Hall–Kier alpha value is -2.53. The van der Waals surface area contributed by atoms with Gasteiger partial charge in [0.15, 0.2) is 6.29 Å². The third kappa shape index (κ3) is 10.1. The summed E-state index contributed by atoms with van der Waals surface area (Å²) >= 11 is 0. The molecule has 23 nitrogen and oxygen atoms in total. The molecule has 280 valence electrons. The van der Waals surface area contributed by atoms with E-state index < -0.39 is 103 Å². The van der Waals surface area contributed by atoms with E-state index in [1.807, 2.05) is 0 Å². The molecule has 0 bridgehead atoms. The molecule has 9 N–H and O–H groups in total. The van der Waals surface area contributed by atoms with Crippen molar-refractivity contribution in [1.82, 2.24) is 14.5 Å². The summed E-state index contributed by atoms with van der Waals surface area (Å²) in [5, 5.41) is 42.1. The summed E-state index contributed by atoms with van der Waals surface area (Å²) in [6.07, 6.45) is -8.02. The first-order chi connectivity index (χ1) is 23.1. The Morgan fingerprint density at radius 3 is 2.40 bits per heavy atom. The SMILES string of the molecule is Cc1ncc(COP(=O)(O)O)c(C=N[C@@H]2[C@H](O)[C@@H](O)[C@@H](OP(=O)(O)OP(=O)(O)OC[C@H]3O[C@@H](n4cc(C)c(=O)[nH]c4=O)C[C@@H]3O)O[C@@H]2C)c1O. The smallest absolute Gasteiger partial charge is 0.483 e. The highest BCUT2D eigenvalue weighted by Crippen LogP contribution is 2.61. The van der Waals surface area contributed by atoms with Gasteiger partial charge < -0.3 is 49.5 Å². The quantitative estimate of drug-likeness (QED) is 0.0844. The van der Waals surface area contributed by atoms with Crippen molar-refractivity contribution in [3.63, 3.8) is 0 Å². The highest BCUT2D eigenvalue weighted by molar-refractivity contribution is 7.61. The highest BCUT2D eigenvalue weighted by Gasteiger charge is 2.48. The van der Waals surface area contributed by atoms with Gasteiger partial charge in [0.1, 0.15) is 36.3 Å². The lowest BCUT2D eigenvalue weighted by atomic mass is 9.97. The largest absolute Gasteiger partial charge is 0.505 e. The number of aliphatic hydroxyl groups is 3. The first kappa shape index (κ1) is 40.2. The molecule has 4 rings (SSSR count). The van der Waals surface area contributed by atoms with Crippen LogP contribution in [0.5, 0.6) is 5.75 Å². The Bertz CT molecular complexity index is 1850. The van der Waals surface area contributed by atoms with Gasteiger partial charge in [-0.2, -0.15) is 4.31 Å². The predicted octanol–water partition coefficient (Wildman–Crippen LogP) is -1.28. The highest BCUT2D eigenvalue weighted by atomic mass is 31.3. The van der Waals surface area contributed by atoms with Gasteiger partial charge in [-0.25, -0.2) is 18.5 Å². The summed E-state index contributed by atoms with van der Waals surface area (Å²) in [5.74, 6) is -0.441. The lowest BCUT2D eigenvalue weighted by molar-refractivity contribution is -0.241. The molecule has 0 spiro atoms. The molecule has 10 atom stereocenters. The van der Waals surface area contributed by atoms with Crippen molar-refractivity contribution in [2.45, 2.75) is 82.9 Å². The van der Waals surface area contributed by atoms with E-state index in [1.165, 1.54) is 27.0 Å². The van der Waals surface area contributed by atoms with Crippen molar-refractivity contribution in [3.8, 4) is 5.75 Å². The van der Waals surface area contributed by atoms with Crippen molar-refractivity contribution >= 4 is 29.7 Å². The van der Waals surface area contributed by atoms with Gasteiger partial charge in [0.05, 0.1) is 31.1 Å². The minimum absolute atomic E-state index is 0.0111. The van der Waals surface area contributed by atoms with E-state index in [2.05, 4.69) is 28.3 Å². The fourth-order valence-electron chi connectivity index (χ4n) is 4.84. The van der Waals surface area contributed by atoms with Gasteiger partial charge in [-0.05, 0) is 20.8 Å². The number of H-pyrrole nitrogens is 1.